The first-order valence-corrected chi connectivity index (χ1v) is 12.5. The van der Waals surface area contributed by atoms with Crippen LogP contribution >= 0.6 is 23.1 Å². The van der Waals surface area contributed by atoms with E-state index < -0.39 is 0 Å². The Morgan fingerprint density at radius 2 is 1.88 bits per heavy atom. The van der Waals surface area contributed by atoms with E-state index in [9.17, 15) is 14.4 Å². The number of ether oxygens (including phenoxy) is 1. The maximum atomic E-state index is 13.1. The lowest BCUT2D eigenvalue weighted by Gasteiger charge is -2.08. The lowest BCUT2D eigenvalue weighted by molar-refractivity contribution is 0.0955. The van der Waals surface area contributed by atoms with Crippen LogP contribution in [0.5, 0.6) is 5.75 Å². The molecular weight excluding hydrogens is 470 g/mol. The summed E-state index contributed by atoms with van der Waals surface area (Å²) in [6.07, 6.45) is 0. The van der Waals surface area contributed by atoms with Crippen molar-refractivity contribution in [3.05, 3.63) is 91.4 Å². The number of benzene rings is 2. The molecule has 0 aliphatic carbocycles. The van der Waals surface area contributed by atoms with Crippen molar-refractivity contribution in [1.82, 2.24) is 14.5 Å². The number of methoxy groups -OCH3 is 1. The van der Waals surface area contributed by atoms with E-state index in [1.54, 1.807) is 32.0 Å². The van der Waals surface area contributed by atoms with E-state index in [4.69, 9.17) is 4.74 Å². The molecule has 1 amide bonds. The third-order valence-electron chi connectivity index (χ3n) is 5.43. The number of fused-ring (bicyclic) bond motifs is 1. The third kappa shape index (κ3) is 5.10. The average molecular weight is 496 g/mol. The van der Waals surface area contributed by atoms with Gasteiger partial charge in [0.2, 0.25) is 0 Å². The van der Waals surface area contributed by atoms with Gasteiger partial charge in [0.15, 0.2) is 0 Å². The number of hydrogen-bond donors (Lipinski definition) is 1. The second kappa shape index (κ2) is 10.3. The molecule has 1 N–H and O–H groups in total. The lowest BCUT2D eigenvalue weighted by Crippen LogP contribution is -2.39. The Bertz CT molecular complexity index is 1450. The van der Waals surface area contributed by atoms with Crippen molar-refractivity contribution in [2.45, 2.75) is 24.9 Å². The highest BCUT2D eigenvalue weighted by atomic mass is 32.2. The fourth-order valence-electron chi connectivity index (χ4n) is 3.53. The van der Waals surface area contributed by atoms with E-state index in [1.807, 2.05) is 55.5 Å². The Morgan fingerprint density at radius 1 is 1.12 bits per heavy atom. The lowest BCUT2D eigenvalue weighted by atomic mass is 10.2. The molecule has 2 heterocycles. The number of aromatic nitrogens is 2. The first-order chi connectivity index (χ1) is 16.4. The summed E-state index contributed by atoms with van der Waals surface area (Å²) in [7, 11) is 3.22. The van der Waals surface area contributed by atoms with Crippen molar-refractivity contribution in [3.8, 4) is 5.75 Å². The van der Waals surface area contributed by atoms with Crippen LogP contribution in [0.3, 0.4) is 0 Å². The highest BCUT2D eigenvalue weighted by Crippen LogP contribution is 2.22. The number of amides is 1. The van der Waals surface area contributed by atoms with Crippen LogP contribution in [-0.4, -0.2) is 27.9 Å². The van der Waals surface area contributed by atoms with Crippen LogP contribution < -0.4 is 21.3 Å². The SMILES string of the molecule is COc1cccc(CNC(=O)c2cc3c(=O)n(CCSc4ccc(C)cc4)c(=O)n(C)c3s2)c1. The molecule has 0 aliphatic rings. The van der Waals surface area contributed by atoms with Crippen molar-refractivity contribution in [1.29, 1.82) is 0 Å². The van der Waals surface area contributed by atoms with Gasteiger partial charge in [-0.2, -0.15) is 0 Å². The van der Waals surface area contributed by atoms with E-state index >= 15 is 0 Å². The summed E-state index contributed by atoms with van der Waals surface area (Å²) in [4.78, 5) is 40.6. The molecule has 4 rings (SSSR count). The van der Waals surface area contributed by atoms with Gasteiger partial charge >= 0.3 is 5.69 Å². The molecule has 0 saturated carbocycles. The maximum absolute atomic E-state index is 13.1. The number of rotatable bonds is 8. The largest absolute Gasteiger partial charge is 0.497 e. The molecule has 34 heavy (non-hydrogen) atoms. The van der Waals surface area contributed by atoms with Gasteiger partial charge in [0, 0.05) is 30.8 Å². The number of hydrogen-bond acceptors (Lipinski definition) is 6. The molecule has 0 unspecified atom stereocenters. The summed E-state index contributed by atoms with van der Waals surface area (Å²) < 4.78 is 7.90. The Labute approximate surface area is 205 Å². The van der Waals surface area contributed by atoms with Gasteiger partial charge in [0.1, 0.15) is 10.6 Å². The van der Waals surface area contributed by atoms with Crippen LogP contribution in [0.1, 0.15) is 20.8 Å². The van der Waals surface area contributed by atoms with Crippen LogP contribution in [-0.2, 0) is 20.1 Å². The van der Waals surface area contributed by atoms with Crippen molar-refractivity contribution in [3.63, 3.8) is 0 Å². The highest BCUT2D eigenvalue weighted by molar-refractivity contribution is 7.99. The highest BCUT2D eigenvalue weighted by Gasteiger charge is 2.17. The second-order valence-electron chi connectivity index (χ2n) is 7.82. The predicted molar refractivity (Wildman–Crippen MR) is 137 cm³/mol. The van der Waals surface area contributed by atoms with Crippen molar-refractivity contribution in [2.24, 2.45) is 7.05 Å². The Morgan fingerprint density at radius 3 is 2.62 bits per heavy atom. The zero-order valence-corrected chi connectivity index (χ0v) is 20.8. The van der Waals surface area contributed by atoms with Crippen LogP contribution in [0.15, 0.2) is 69.1 Å². The van der Waals surface area contributed by atoms with Crippen molar-refractivity contribution >= 4 is 39.2 Å². The first kappa shape index (κ1) is 23.8. The summed E-state index contributed by atoms with van der Waals surface area (Å²) in [5.74, 6) is 1.00. The van der Waals surface area contributed by atoms with E-state index in [0.29, 0.717) is 33.1 Å². The van der Waals surface area contributed by atoms with Crippen LogP contribution in [0.4, 0.5) is 0 Å². The van der Waals surface area contributed by atoms with Gasteiger partial charge in [-0.1, -0.05) is 29.8 Å². The van der Waals surface area contributed by atoms with Crippen molar-refractivity contribution < 1.29 is 9.53 Å². The topological polar surface area (TPSA) is 82.3 Å². The standard InChI is InChI=1S/C25H25N3O4S2/c1-16-7-9-19(10-8-16)33-12-11-28-23(30)20-14-21(34-24(20)27(2)25(28)31)22(29)26-15-17-5-4-6-18(13-17)32-3/h4-10,13-14H,11-12,15H2,1-3H3,(H,26,29). The summed E-state index contributed by atoms with van der Waals surface area (Å²) >= 11 is 2.73. The smallest absolute Gasteiger partial charge is 0.331 e. The van der Waals surface area contributed by atoms with Gasteiger partial charge in [-0.3, -0.25) is 18.7 Å². The molecule has 9 heteroatoms. The summed E-state index contributed by atoms with van der Waals surface area (Å²) in [6.45, 7) is 2.64. The number of carbonyl (C=O) groups is 1. The number of nitrogens with zero attached hydrogens (tertiary/aromatic N) is 2. The molecular formula is C25H25N3O4S2. The molecule has 0 aliphatic heterocycles. The molecule has 7 nitrogen and oxygen atoms in total. The summed E-state index contributed by atoms with van der Waals surface area (Å²) in [5.41, 5.74) is 1.33. The van der Waals surface area contributed by atoms with Gasteiger partial charge in [0.25, 0.3) is 11.5 Å². The average Bonchev–Trinajstić information content (AvgIpc) is 3.31. The number of carbonyl (C=O) groups excluding carboxylic acids is 1. The maximum Gasteiger partial charge on any atom is 0.331 e. The zero-order chi connectivity index (χ0) is 24.2. The third-order valence-corrected chi connectivity index (χ3v) is 7.63. The Kier molecular flexibility index (Phi) is 7.23. The molecule has 0 fully saturated rings. The number of nitrogens with one attached hydrogen (secondary N) is 1. The molecule has 2 aromatic heterocycles. The van der Waals surface area contributed by atoms with Gasteiger partial charge in [-0.25, -0.2) is 4.79 Å². The molecule has 4 aromatic rings. The van der Waals surface area contributed by atoms with E-state index in [1.165, 1.54) is 14.7 Å². The zero-order valence-electron chi connectivity index (χ0n) is 19.2. The van der Waals surface area contributed by atoms with Crippen LogP contribution in [0, 0.1) is 6.92 Å². The van der Waals surface area contributed by atoms with Gasteiger partial charge < -0.3 is 10.1 Å². The minimum Gasteiger partial charge on any atom is -0.497 e. The number of thioether (sulfide) groups is 1. The van der Waals surface area contributed by atoms with Crippen LogP contribution in [0.25, 0.3) is 10.2 Å². The Balaban J connectivity index is 1.52. The fraction of sp³-hybridized carbons (Fsp3) is 0.240. The minimum absolute atomic E-state index is 0.285. The van der Waals surface area contributed by atoms with E-state index in [0.717, 1.165) is 21.8 Å². The van der Waals surface area contributed by atoms with Gasteiger partial charge in [-0.15, -0.1) is 23.1 Å². The monoisotopic (exact) mass is 495 g/mol. The predicted octanol–water partition coefficient (Wildman–Crippen LogP) is 3.80. The molecule has 0 atom stereocenters. The quantitative estimate of drug-likeness (QED) is 0.376. The molecule has 0 saturated heterocycles. The second-order valence-corrected chi connectivity index (χ2v) is 10.0. The minimum atomic E-state index is -0.382. The molecule has 0 spiro atoms. The fourth-order valence-corrected chi connectivity index (χ4v) is 5.39. The summed E-state index contributed by atoms with van der Waals surface area (Å²) in [6, 6.07) is 17.1. The molecule has 2 aromatic carbocycles. The molecule has 176 valence electrons. The van der Waals surface area contributed by atoms with E-state index in [-0.39, 0.29) is 23.7 Å². The number of aryl methyl sites for hydroxylation is 2. The molecule has 0 radical (unpaired) electrons. The Hall–Kier alpha value is -3.30. The van der Waals surface area contributed by atoms with E-state index in [2.05, 4.69) is 5.32 Å². The summed E-state index contributed by atoms with van der Waals surface area (Å²) in [5, 5.41) is 3.24. The first-order valence-electron chi connectivity index (χ1n) is 10.7. The molecule has 0 bridgehead atoms. The number of thiophene rings is 1. The van der Waals surface area contributed by atoms with Gasteiger partial charge in [0.05, 0.1) is 17.4 Å². The van der Waals surface area contributed by atoms with Gasteiger partial charge in [-0.05, 0) is 42.8 Å². The normalized spacial score (nSPS) is 11.0. The van der Waals surface area contributed by atoms with Crippen molar-refractivity contribution in [2.75, 3.05) is 12.9 Å². The van der Waals surface area contributed by atoms with Crippen LogP contribution in [0.2, 0.25) is 0 Å².